The second kappa shape index (κ2) is 5.32. The molecule has 2 nitrogen and oxygen atoms in total. The molecule has 0 amide bonds. The summed E-state index contributed by atoms with van der Waals surface area (Å²) in [6, 6.07) is 5.76. The number of hydrogen-bond donors (Lipinski definition) is 2. The third-order valence-corrected chi connectivity index (χ3v) is 2.95. The number of benzene rings is 1. The molecule has 0 spiro atoms. The molecule has 1 aromatic carbocycles. The van der Waals surface area contributed by atoms with Crippen LogP contribution in [0.5, 0.6) is 0 Å². The van der Waals surface area contributed by atoms with E-state index in [0.717, 1.165) is 15.7 Å². The van der Waals surface area contributed by atoms with Crippen molar-refractivity contribution >= 4 is 21.6 Å². The lowest BCUT2D eigenvalue weighted by Crippen LogP contribution is -2.21. The summed E-state index contributed by atoms with van der Waals surface area (Å²) in [5.41, 5.74) is 1.97. The van der Waals surface area contributed by atoms with Gasteiger partial charge >= 0.3 is 0 Å². The molecule has 0 aliphatic rings. The smallest absolute Gasteiger partial charge is 0.117 e. The van der Waals surface area contributed by atoms with Crippen molar-refractivity contribution in [2.24, 2.45) is 0 Å². The number of aliphatic hydroxyl groups is 1. The lowest BCUT2D eigenvalue weighted by atomic mass is 10.2. The molecule has 4 heteroatoms. The molecule has 2 N–H and O–H groups in total. The van der Waals surface area contributed by atoms with Gasteiger partial charge in [0, 0.05) is 16.7 Å². The molecule has 0 saturated carbocycles. The Labute approximate surface area is 91.3 Å². The Morgan fingerprint density at radius 2 is 2.29 bits per heavy atom. The van der Waals surface area contributed by atoms with Gasteiger partial charge in [0.2, 0.25) is 0 Å². The molecule has 1 aromatic rings. The zero-order valence-electron chi connectivity index (χ0n) is 7.93. The Bertz CT molecular complexity index is 306. The zero-order chi connectivity index (χ0) is 10.6. The van der Waals surface area contributed by atoms with E-state index in [1.807, 2.05) is 25.1 Å². The molecule has 0 radical (unpaired) electrons. The summed E-state index contributed by atoms with van der Waals surface area (Å²) in [6.07, 6.45) is -0.942. The molecule has 1 rings (SSSR count). The van der Waals surface area contributed by atoms with E-state index in [2.05, 4.69) is 21.2 Å². The van der Waals surface area contributed by atoms with Crippen molar-refractivity contribution in [2.75, 3.05) is 18.5 Å². The van der Waals surface area contributed by atoms with Crippen LogP contribution in [0.3, 0.4) is 0 Å². The Morgan fingerprint density at radius 3 is 2.93 bits per heavy atom. The monoisotopic (exact) mass is 261 g/mol. The van der Waals surface area contributed by atoms with Crippen molar-refractivity contribution in [2.45, 2.75) is 13.0 Å². The fourth-order valence-corrected chi connectivity index (χ4v) is 1.47. The van der Waals surface area contributed by atoms with E-state index in [1.165, 1.54) is 0 Å². The number of rotatable bonds is 4. The molecule has 0 aromatic heterocycles. The molecule has 0 aliphatic heterocycles. The largest absolute Gasteiger partial charge is 0.389 e. The number of aliphatic hydroxyl groups excluding tert-OH is 1. The van der Waals surface area contributed by atoms with Gasteiger partial charge in [0.1, 0.15) is 6.67 Å². The fraction of sp³-hybridized carbons (Fsp3) is 0.400. The number of nitrogens with one attached hydrogen (secondary N) is 1. The molecule has 78 valence electrons. The van der Waals surface area contributed by atoms with Gasteiger partial charge in [0.25, 0.3) is 0 Å². The molecular formula is C10H13BrFNO. The summed E-state index contributed by atoms with van der Waals surface area (Å²) in [7, 11) is 0. The minimum atomic E-state index is -0.942. The Hall–Kier alpha value is -0.610. The average Bonchev–Trinajstić information content (AvgIpc) is 2.20. The van der Waals surface area contributed by atoms with Gasteiger partial charge in [0.15, 0.2) is 0 Å². The first-order chi connectivity index (χ1) is 6.65. The predicted octanol–water partition coefficient (Wildman–Crippen LogP) is 2.50. The maximum absolute atomic E-state index is 12.0. The van der Waals surface area contributed by atoms with Crippen LogP contribution < -0.4 is 5.32 Å². The summed E-state index contributed by atoms with van der Waals surface area (Å²) in [4.78, 5) is 0. The van der Waals surface area contributed by atoms with Crippen molar-refractivity contribution in [3.05, 3.63) is 28.2 Å². The molecule has 14 heavy (non-hydrogen) atoms. The average molecular weight is 262 g/mol. The fourth-order valence-electron chi connectivity index (χ4n) is 1.07. The second-order valence-electron chi connectivity index (χ2n) is 3.13. The van der Waals surface area contributed by atoms with Crippen molar-refractivity contribution in [3.8, 4) is 0 Å². The van der Waals surface area contributed by atoms with Gasteiger partial charge in [-0.25, -0.2) is 4.39 Å². The van der Waals surface area contributed by atoms with Crippen LogP contribution in [0.15, 0.2) is 22.7 Å². The van der Waals surface area contributed by atoms with Crippen LogP contribution in [0.2, 0.25) is 0 Å². The van der Waals surface area contributed by atoms with E-state index >= 15 is 0 Å². The maximum atomic E-state index is 12.0. The highest BCUT2D eigenvalue weighted by atomic mass is 79.9. The van der Waals surface area contributed by atoms with Crippen LogP contribution in [0, 0.1) is 6.92 Å². The van der Waals surface area contributed by atoms with E-state index in [4.69, 9.17) is 5.11 Å². The van der Waals surface area contributed by atoms with Crippen LogP contribution in [0.4, 0.5) is 10.1 Å². The first kappa shape index (κ1) is 11.5. The Balaban J connectivity index is 2.63. The second-order valence-corrected chi connectivity index (χ2v) is 3.92. The van der Waals surface area contributed by atoms with Gasteiger partial charge in [-0.1, -0.05) is 12.1 Å². The highest BCUT2D eigenvalue weighted by Gasteiger charge is 2.05. The zero-order valence-corrected chi connectivity index (χ0v) is 9.51. The van der Waals surface area contributed by atoms with Gasteiger partial charge in [0.05, 0.1) is 6.10 Å². The molecule has 0 fully saturated rings. The van der Waals surface area contributed by atoms with Crippen LogP contribution in [0.25, 0.3) is 0 Å². The molecule has 0 bridgehead atoms. The van der Waals surface area contributed by atoms with E-state index in [9.17, 15) is 4.39 Å². The van der Waals surface area contributed by atoms with Crippen LogP contribution in [-0.4, -0.2) is 24.4 Å². The molecule has 0 heterocycles. The molecule has 1 unspecified atom stereocenters. The van der Waals surface area contributed by atoms with Crippen molar-refractivity contribution in [3.63, 3.8) is 0 Å². The van der Waals surface area contributed by atoms with Gasteiger partial charge in [-0.05, 0) is 34.5 Å². The third-order valence-electron chi connectivity index (χ3n) is 1.90. The lowest BCUT2D eigenvalue weighted by Gasteiger charge is -2.12. The summed E-state index contributed by atoms with van der Waals surface area (Å²) in [5.74, 6) is 0. The topological polar surface area (TPSA) is 32.3 Å². The number of anilines is 1. The van der Waals surface area contributed by atoms with Gasteiger partial charge in [-0.2, -0.15) is 0 Å². The number of aryl methyl sites for hydroxylation is 1. The van der Waals surface area contributed by atoms with Gasteiger partial charge in [-0.15, -0.1) is 0 Å². The minimum Gasteiger partial charge on any atom is -0.389 e. The molecular weight excluding hydrogens is 249 g/mol. The first-order valence-electron chi connectivity index (χ1n) is 4.38. The van der Waals surface area contributed by atoms with E-state index in [1.54, 1.807) is 0 Å². The number of halogens is 2. The lowest BCUT2D eigenvalue weighted by molar-refractivity contribution is 0.151. The van der Waals surface area contributed by atoms with E-state index in [-0.39, 0.29) is 6.54 Å². The standard InChI is InChI=1S/C10H13BrFNO/c1-7-3-2-4-9(10(7)11)13-6-8(14)5-12/h2-4,8,13-14H,5-6H2,1H3. The quantitative estimate of drug-likeness (QED) is 0.873. The van der Waals surface area contributed by atoms with Crippen LogP contribution in [0.1, 0.15) is 5.56 Å². The van der Waals surface area contributed by atoms with E-state index < -0.39 is 12.8 Å². The summed E-state index contributed by atoms with van der Waals surface area (Å²) in [6.45, 7) is 1.47. The SMILES string of the molecule is Cc1cccc(NCC(O)CF)c1Br. The van der Waals surface area contributed by atoms with Crippen LogP contribution >= 0.6 is 15.9 Å². The molecule has 0 aliphatic carbocycles. The Kier molecular flexibility index (Phi) is 4.35. The van der Waals surface area contributed by atoms with Crippen molar-refractivity contribution < 1.29 is 9.50 Å². The highest BCUT2D eigenvalue weighted by Crippen LogP contribution is 2.25. The molecule has 0 saturated heterocycles. The van der Waals surface area contributed by atoms with Gasteiger partial charge < -0.3 is 10.4 Å². The third kappa shape index (κ3) is 2.96. The van der Waals surface area contributed by atoms with Crippen molar-refractivity contribution in [1.82, 2.24) is 0 Å². The maximum Gasteiger partial charge on any atom is 0.117 e. The summed E-state index contributed by atoms with van der Waals surface area (Å²) >= 11 is 3.41. The van der Waals surface area contributed by atoms with Gasteiger partial charge in [-0.3, -0.25) is 0 Å². The highest BCUT2D eigenvalue weighted by molar-refractivity contribution is 9.10. The summed E-state index contributed by atoms with van der Waals surface area (Å²) < 4.78 is 12.9. The Morgan fingerprint density at radius 1 is 1.57 bits per heavy atom. The number of alkyl halides is 1. The minimum absolute atomic E-state index is 0.221. The first-order valence-corrected chi connectivity index (χ1v) is 5.17. The normalized spacial score (nSPS) is 12.6. The molecule has 1 atom stereocenters. The van der Waals surface area contributed by atoms with Crippen LogP contribution in [-0.2, 0) is 0 Å². The van der Waals surface area contributed by atoms with Crippen molar-refractivity contribution in [1.29, 1.82) is 0 Å². The number of hydrogen-bond acceptors (Lipinski definition) is 2. The predicted molar refractivity (Wildman–Crippen MR) is 59.4 cm³/mol. The summed E-state index contributed by atoms with van der Waals surface area (Å²) in [5, 5.41) is 12.0. The van der Waals surface area contributed by atoms with E-state index in [0.29, 0.717) is 0 Å².